The number of ether oxygens (including phenoxy) is 1. The van der Waals surface area contributed by atoms with E-state index in [9.17, 15) is 4.79 Å². The Morgan fingerprint density at radius 2 is 2.27 bits per heavy atom. The first kappa shape index (κ1) is 18.3. The van der Waals surface area contributed by atoms with Crippen LogP contribution in [0.1, 0.15) is 46.8 Å². The number of likely N-dealkylation sites (tertiary alicyclic amines) is 1. The van der Waals surface area contributed by atoms with E-state index in [0.29, 0.717) is 25.3 Å². The van der Waals surface area contributed by atoms with Gasteiger partial charge in [-0.15, -0.1) is 0 Å². The van der Waals surface area contributed by atoms with Crippen molar-refractivity contribution in [2.24, 2.45) is 5.73 Å². The van der Waals surface area contributed by atoms with Crippen LogP contribution in [0.5, 0.6) is 5.75 Å². The third-order valence-corrected chi connectivity index (χ3v) is 4.77. The SMILES string of the molecule is Cc1ccc(C(=O)N2CCC[C@H](c3ccncn3)C2)cc1OCCCN. The minimum atomic E-state index is 0.0485. The molecule has 0 radical (unpaired) electrons. The fourth-order valence-corrected chi connectivity index (χ4v) is 3.28. The third kappa shape index (κ3) is 4.38. The van der Waals surface area contributed by atoms with Crippen molar-refractivity contribution < 1.29 is 9.53 Å². The summed E-state index contributed by atoms with van der Waals surface area (Å²) in [7, 11) is 0. The lowest BCUT2D eigenvalue weighted by molar-refractivity contribution is 0.0705. The summed E-state index contributed by atoms with van der Waals surface area (Å²) in [6.07, 6.45) is 6.15. The van der Waals surface area contributed by atoms with Crippen molar-refractivity contribution in [3.63, 3.8) is 0 Å². The van der Waals surface area contributed by atoms with E-state index in [4.69, 9.17) is 10.5 Å². The fourth-order valence-electron chi connectivity index (χ4n) is 3.28. The molecule has 0 aliphatic carbocycles. The minimum Gasteiger partial charge on any atom is -0.493 e. The zero-order valence-corrected chi connectivity index (χ0v) is 15.2. The van der Waals surface area contributed by atoms with Gasteiger partial charge in [-0.2, -0.15) is 0 Å². The highest BCUT2D eigenvalue weighted by atomic mass is 16.5. The molecule has 0 bridgehead atoms. The van der Waals surface area contributed by atoms with E-state index in [0.717, 1.165) is 42.8 Å². The summed E-state index contributed by atoms with van der Waals surface area (Å²) in [5.74, 6) is 1.07. The van der Waals surface area contributed by atoms with E-state index in [2.05, 4.69) is 9.97 Å². The highest BCUT2D eigenvalue weighted by Gasteiger charge is 2.26. The van der Waals surface area contributed by atoms with Crippen LogP contribution in [0.4, 0.5) is 0 Å². The molecule has 1 saturated heterocycles. The van der Waals surface area contributed by atoms with Crippen LogP contribution in [-0.4, -0.2) is 47.0 Å². The van der Waals surface area contributed by atoms with Crippen LogP contribution in [0.3, 0.4) is 0 Å². The Bertz CT molecular complexity index is 736. The van der Waals surface area contributed by atoms with Crippen molar-refractivity contribution >= 4 is 5.91 Å². The Hall–Kier alpha value is -2.47. The Kier molecular flexibility index (Phi) is 6.17. The van der Waals surface area contributed by atoms with Gasteiger partial charge in [0.05, 0.1) is 6.61 Å². The Morgan fingerprint density at radius 1 is 1.38 bits per heavy atom. The predicted molar refractivity (Wildman–Crippen MR) is 100 cm³/mol. The smallest absolute Gasteiger partial charge is 0.254 e. The van der Waals surface area contributed by atoms with Gasteiger partial charge in [-0.25, -0.2) is 9.97 Å². The van der Waals surface area contributed by atoms with E-state index in [1.54, 1.807) is 12.5 Å². The number of carbonyl (C=O) groups is 1. The summed E-state index contributed by atoms with van der Waals surface area (Å²) < 4.78 is 5.78. The molecule has 1 aromatic heterocycles. The van der Waals surface area contributed by atoms with Crippen LogP contribution in [0.25, 0.3) is 0 Å². The lowest BCUT2D eigenvalue weighted by Gasteiger charge is -2.32. The number of nitrogens with two attached hydrogens (primary N) is 1. The molecule has 1 amide bonds. The second-order valence-corrected chi connectivity index (χ2v) is 6.70. The van der Waals surface area contributed by atoms with Crippen molar-refractivity contribution in [3.05, 3.63) is 53.6 Å². The number of benzene rings is 1. The molecule has 1 aromatic carbocycles. The van der Waals surface area contributed by atoms with Crippen LogP contribution < -0.4 is 10.5 Å². The molecule has 3 rings (SSSR count). The van der Waals surface area contributed by atoms with E-state index in [1.165, 1.54) is 0 Å². The second kappa shape index (κ2) is 8.76. The van der Waals surface area contributed by atoms with Gasteiger partial charge in [-0.05, 0) is 56.5 Å². The molecule has 138 valence electrons. The fraction of sp³-hybridized carbons (Fsp3) is 0.450. The summed E-state index contributed by atoms with van der Waals surface area (Å²) in [6.45, 7) is 4.60. The highest BCUT2D eigenvalue weighted by molar-refractivity contribution is 5.94. The molecule has 6 heteroatoms. The first-order valence-corrected chi connectivity index (χ1v) is 9.17. The maximum Gasteiger partial charge on any atom is 0.254 e. The van der Waals surface area contributed by atoms with Gasteiger partial charge in [0.25, 0.3) is 5.91 Å². The first-order valence-electron chi connectivity index (χ1n) is 9.17. The Balaban J connectivity index is 1.71. The number of aryl methyl sites for hydroxylation is 1. The number of nitrogens with zero attached hydrogens (tertiary/aromatic N) is 3. The molecule has 1 aliphatic heterocycles. The lowest BCUT2D eigenvalue weighted by Crippen LogP contribution is -2.39. The van der Waals surface area contributed by atoms with Gasteiger partial charge in [-0.3, -0.25) is 4.79 Å². The van der Waals surface area contributed by atoms with Gasteiger partial charge in [-0.1, -0.05) is 6.07 Å². The molecule has 2 N–H and O–H groups in total. The largest absolute Gasteiger partial charge is 0.493 e. The summed E-state index contributed by atoms with van der Waals surface area (Å²) in [5, 5.41) is 0. The molecular formula is C20H26N4O2. The second-order valence-electron chi connectivity index (χ2n) is 6.70. The van der Waals surface area contributed by atoms with Gasteiger partial charge in [0.1, 0.15) is 12.1 Å². The number of carbonyl (C=O) groups excluding carboxylic acids is 1. The molecule has 1 atom stereocenters. The van der Waals surface area contributed by atoms with Crippen molar-refractivity contribution in [1.82, 2.24) is 14.9 Å². The van der Waals surface area contributed by atoms with Gasteiger partial charge < -0.3 is 15.4 Å². The zero-order chi connectivity index (χ0) is 18.4. The normalized spacial score (nSPS) is 17.2. The van der Waals surface area contributed by atoms with Crippen molar-refractivity contribution in [2.45, 2.75) is 32.1 Å². The number of piperidine rings is 1. The average Bonchev–Trinajstić information content (AvgIpc) is 2.70. The number of amides is 1. The van der Waals surface area contributed by atoms with E-state index in [-0.39, 0.29) is 11.8 Å². The van der Waals surface area contributed by atoms with Crippen molar-refractivity contribution in [2.75, 3.05) is 26.2 Å². The number of aromatic nitrogens is 2. The van der Waals surface area contributed by atoms with Gasteiger partial charge in [0.15, 0.2) is 0 Å². The first-order chi connectivity index (χ1) is 12.7. The Morgan fingerprint density at radius 3 is 3.04 bits per heavy atom. The van der Waals surface area contributed by atoms with Crippen LogP contribution in [-0.2, 0) is 0 Å². The van der Waals surface area contributed by atoms with Crippen LogP contribution in [0, 0.1) is 6.92 Å². The van der Waals surface area contributed by atoms with Gasteiger partial charge >= 0.3 is 0 Å². The average molecular weight is 354 g/mol. The van der Waals surface area contributed by atoms with Crippen LogP contribution in [0.15, 0.2) is 36.8 Å². The molecule has 2 aromatic rings. The van der Waals surface area contributed by atoms with E-state index in [1.807, 2.05) is 36.1 Å². The number of rotatable bonds is 6. The number of hydrogen-bond acceptors (Lipinski definition) is 5. The van der Waals surface area contributed by atoms with Crippen molar-refractivity contribution in [3.8, 4) is 5.75 Å². The molecule has 0 unspecified atom stereocenters. The summed E-state index contributed by atoms with van der Waals surface area (Å²) in [4.78, 5) is 23.2. The standard InChI is InChI=1S/C20H26N4O2/c1-15-5-6-16(12-19(15)26-11-3-8-21)20(25)24-10-2-4-17(13-24)18-7-9-22-14-23-18/h5-7,9,12,14,17H,2-4,8,10-11,13,21H2,1H3/t17-/m0/s1. The molecule has 1 fully saturated rings. The van der Waals surface area contributed by atoms with Gasteiger partial charge in [0, 0.05) is 36.5 Å². The molecule has 1 aliphatic rings. The third-order valence-electron chi connectivity index (χ3n) is 4.77. The highest BCUT2D eigenvalue weighted by Crippen LogP contribution is 2.27. The van der Waals surface area contributed by atoms with Gasteiger partial charge in [0.2, 0.25) is 0 Å². The van der Waals surface area contributed by atoms with Crippen molar-refractivity contribution in [1.29, 1.82) is 0 Å². The zero-order valence-electron chi connectivity index (χ0n) is 15.2. The molecular weight excluding hydrogens is 328 g/mol. The maximum atomic E-state index is 13.0. The van der Waals surface area contributed by atoms with E-state index < -0.39 is 0 Å². The quantitative estimate of drug-likeness (QED) is 0.806. The molecule has 26 heavy (non-hydrogen) atoms. The predicted octanol–water partition coefficient (Wildman–Crippen LogP) is 2.53. The number of hydrogen-bond donors (Lipinski definition) is 1. The summed E-state index contributed by atoms with van der Waals surface area (Å²) in [6, 6.07) is 7.61. The molecule has 6 nitrogen and oxygen atoms in total. The molecule has 2 heterocycles. The minimum absolute atomic E-state index is 0.0485. The molecule has 0 saturated carbocycles. The lowest BCUT2D eigenvalue weighted by atomic mass is 9.94. The topological polar surface area (TPSA) is 81.3 Å². The molecule has 0 spiro atoms. The summed E-state index contributed by atoms with van der Waals surface area (Å²) >= 11 is 0. The summed E-state index contributed by atoms with van der Waals surface area (Å²) in [5.41, 5.74) is 8.22. The van der Waals surface area contributed by atoms with Crippen LogP contribution in [0.2, 0.25) is 0 Å². The monoisotopic (exact) mass is 354 g/mol. The maximum absolute atomic E-state index is 13.0. The van der Waals surface area contributed by atoms with E-state index >= 15 is 0 Å². The van der Waals surface area contributed by atoms with Crippen LogP contribution >= 0.6 is 0 Å². The Labute approximate surface area is 154 Å².